The van der Waals surface area contributed by atoms with Crippen molar-refractivity contribution in [2.24, 2.45) is 0 Å². The van der Waals surface area contributed by atoms with Gasteiger partial charge in [0.2, 0.25) is 10.0 Å². The summed E-state index contributed by atoms with van der Waals surface area (Å²) in [6.07, 6.45) is 0.615. The molecule has 0 bridgehead atoms. The quantitative estimate of drug-likeness (QED) is 0.827. The molecule has 124 valence electrons. The first-order valence-electron chi connectivity index (χ1n) is 7.40. The highest BCUT2D eigenvalue weighted by Gasteiger charge is 2.21. The summed E-state index contributed by atoms with van der Waals surface area (Å²) in [7, 11) is -3.68. The molecule has 2 aromatic rings. The second-order valence-corrected chi connectivity index (χ2v) is 7.26. The van der Waals surface area contributed by atoms with E-state index in [1.807, 2.05) is 44.2 Å². The van der Waals surface area contributed by atoms with Gasteiger partial charge in [-0.05, 0) is 43.5 Å². The van der Waals surface area contributed by atoms with Crippen LogP contribution in [0.3, 0.4) is 0 Å². The Hall–Kier alpha value is -1.56. The molecular formula is C17H20ClNO3S. The molecule has 1 N–H and O–H groups in total. The molecule has 0 radical (unpaired) electrons. The van der Waals surface area contributed by atoms with Crippen LogP contribution in [0.25, 0.3) is 0 Å². The Morgan fingerprint density at radius 3 is 2.52 bits per heavy atom. The van der Waals surface area contributed by atoms with Crippen molar-refractivity contribution < 1.29 is 13.2 Å². The fourth-order valence-corrected chi connectivity index (χ4v) is 3.58. The molecule has 23 heavy (non-hydrogen) atoms. The van der Waals surface area contributed by atoms with Crippen molar-refractivity contribution in [3.05, 3.63) is 58.6 Å². The first-order valence-corrected chi connectivity index (χ1v) is 9.26. The first kappa shape index (κ1) is 17.8. The van der Waals surface area contributed by atoms with E-state index in [0.29, 0.717) is 30.3 Å². The Bertz CT molecular complexity index is 761. The van der Waals surface area contributed by atoms with E-state index in [4.69, 9.17) is 16.3 Å². The van der Waals surface area contributed by atoms with Gasteiger partial charge in [0.15, 0.2) is 0 Å². The summed E-state index contributed by atoms with van der Waals surface area (Å²) in [6, 6.07) is 12.8. The summed E-state index contributed by atoms with van der Waals surface area (Å²) < 4.78 is 33.1. The molecule has 0 amide bonds. The molecule has 0 saturated carbocycles. The third-order valence-corrected chi connectivity index (χ3v) is 5.25. The number of rotatable bonds is 7. The number of hydrogen-bond acceptors (Lipinski definition) is 3. The fraction of sp³-hybridized carbons (Fsp3) is 0.294. The van der Waals surface area contributed by atoms with E-state index in [2.05, 4.69) is 4.72 Å². The predicted molar refractivity (Wildman–Crippen MR) is 92.7 cm³/mol. The van der Waals surface area contributed by atoms with Crippen LogP contribution in [0.2, 0.25) is 5.02 Å². The Morgan fingerprint density at radius 2 is 1.87 bits per heavy atom. The van der Waals surface area contributed by atoms with E-state index < -0.39 is 10.0 Å². The molecule has 4 nitrogen and oxygen atoms in total. The van der Waals surface area contributed by atoms with Crippen molar-refractivity contribution in [1.29, 1.82) is 0 Å². The first-order chi connectivity index (χ1) is 10.9. The lowest BCUT2D eigenvalue weighted by atomic mass is 10.2. The normalized spacial score (nSPS) is 11.4. The van der Waals surface area contributed by atoms with Gasteiger partial charge in [0.05, 0.1) is 6.61 Å². The van der Waals surface area contributed by atoms with E-state index >= 15 is 0 Å². The van der Waals surface area contributed by atoms with Gasteiger partial charge in [0.25, 0.3) is 0 Å². The van der Waals surface area contributed by atoms with Crippen LogP contribution in [0.4, 0.5) is 0 Å². The minimum absolute atomic E-state index is 0.0722. The van der Waals surface area contributed by atoms with E-state index in [1.165, 1.54) is 6.07 Å². The lowest BCUT2D eigenvalue weighted by Crippen LogP contribution is -2.26. The number of nitrogens with one attached hydrogen (secondary N) is 1. The number of sulfonamides is 1. The zero-order chi connectivity index (χ0) is 16.9. The minimum atomic E-state index is -3.68. The lowest BCUT2D eigenvalue weighted by molar-refractivity contribution is 0.330. The van der Waals surface area contributed by atoms with Crippen molar-refractivity contribution in [3.8, 4) is 5.75 Å². The van der Waals surface area contributed by atoms with Gasteiger partial charge >= 0.3 is 0 Å². The van der Waals surface area contributed by atoms with Gasteiger partial charge < -0.3 is 4.74 Å². The van der Waals surface area contributed by atoms with Crippen LogP contribution >= 0.6 is 11.6 Å². The average molecular weight is 354 g/mol. The molecule has 0 unspecified atom stereocenters. The highest BCUT2D eigenvalue weighted by atomic mass is 35.5. The van der Waals surface area contributed by atoms with Gasteiger partial charge in [-0.2, -0.15) is 0 Å². The number of aryl methyl sites for hydroxylation is 1. The maximum absolute atomic E-state index is 12.5. The number of benzene rings is 2. The molecule has 0 aromatic heterocycles. The summed E-state index contributed by atoms with van der Waals surface area (Å²) in [4.78, 5) is 0.0722. The minimum Gasteiger partial charge on any atom is -0.492 e. The van der Waals surface area contributed by atoms with Crippen LogP contribution in [-0.2, 0) is 16.4 Å². The lowest BCUT2D eigenvalue weighted by Gasteiger charge is -2.13. The third kappa shape index (κ3) is 4.70. The summed E-state index contributed by atoms with van der Waals surface area (Å²) in [5.41, 5.74) is 1.85. The topological polar surface area (TPSA) is 55.4 Å². The second kappa shape index (κ2) is 7.81. The summed E-state index contributed by atoms with van der Waals surface area (Å²) in [5.74, 6) is 0.321. The Balaban J connectivity index is 2.17. The Kier molecular flexibility index (Phi) is 6.04. The smallest absolute Gasteiger partial charge is 0.244 e. The molecule has 0 aliphatic rings. The fourth-order valence-electron chi connectivity index (χ4n) is 2.17. The monoisotopic (exact) mass is 353 g/mol. The number of hydrogen-bond donors (Lipinski definition) is 1. The molecule has 6 heteroatoms. The number of ether oxygens (including phenoxy) is 1. The summed E-state index contributed by atoms with van der Waals surface area (Å²) in [5, 5.41) is 0.400. The molecular weight excluding hydrogens is 334 g/mol. The summed E-state index contributed by atoms with van der Waals surface area (Å²) >= 11 is 6.07. The van der Waals surface area contributed by atoms with Crippen molar-refractivity contribution in [2.45, 2.75) is 25.2 Å². The Morgan fingerprint density at radius 1 is 1.17 bits per heavy atom. The van der Waals surface area contributed by atoms with Crippen LogP contribution in [0.1, 0.15) is 18.1 Å². The van der Waals surface area contributed by atoms with E-state index in [-0.39, 0.29) is 4.90 Å². The van der Waals surface area contributed by atoms with Crippen LogP contribution < -0.4 is 9.46 Å². The maximum atomic E-state index is 12.5. The zero-order valence-corrected chi connectivity index (χ0v) is 14.7. The molecule has 0 aliphatic carbocycles. The van der Waals surface area contributed by atoms with Crippen LogP contribution in [0.5, 0.6) is 5.75 Å². The van der Waals surface area contributed by atoms with Gasteiger partial charge in [0, 0.05) is 11.6 Å². The Labute approximate surface area is 142 Å². The van der Waals surface area contributed by atoms with Gasteiger partial charge in [0.1, 0.15) is 10.6 Å². The third-order valence-electron chi connectivity index (χ3n) is 3.36. The molecule has 0 aliphatic heterocycles. The van der Waals surface area contributed by atoms with Gasteiger partial charge in [-0.15, -0.1) is 0 Å². The van der Waals surface area contributed by atoms with Crippen LogP contribution in [0.15, 0.2) is 47.4 Å². The number of halogens is 1. The molecule has 2 rings (SSSR count). The molecule has 0 atom stereocenters. The molecule has 0 fully saturated rings. The zero-order valence-electron chi connectivity index (χ0n) is 13.2. The van der Waals surface area contributed by atoms with Gasteiger partial charge in [-0.25, -0.2) is 13.1 Å². The maximum Gasteiger partial charge on any atom is 0.244 e. The average Bonchev–Trinajstić information content (AvgIpc) is 2.51. The predicted octanol–water partition coefficient (Wildman–Crippen LogP) is 3.57. The van der Waals surface area contributed by atoms with E-state index in [0.717, 1.165) is 11.1 Å². The largest absolute Gasteiger partial charge is 0.492 e. The highest BCUT2D eigenvalue weighted by Crippen LogP contribution is 2.30. The molecule has 2 aromatic carbocycles. The van der Waals surface area contributed by atoms with Gasteiger partial charge in [-0.3, -0.25) is 0 Å². The second-order valence-electron chi connectivity index (χ2n) is 5.11. The molecule has 0 spiro atoms. The van der Waals surface area contributed by atoms with Crippen molar-refractivity contribution in [3.63, 3.8) is 0 Å². The van der Waals surface area contributed by atoms with E-state index in [9.17, 15) is 8.42 Å². The molecule has 0 saturated heterocycles. The van der Waals surface area contributed by atoms with Crippen LogP contribution in [0, 0.1) is 6.92 Å². The van der Waals surface area contributed by atoms with Crippen molar-refractivity contribution in [2.75, 3.05) is 13.2 Å². The van der Waals surface area contributed by atoms with Crippen molar-refractivity contribution in [1.82, 2.24) is 4.72 Å². The van der Waals surface area contributed by atoms with Crippen molar-refractivity contribution >= 4 is 21.6 Å². The summed E-state index contributed by atoms with van der Waals surface area (Å²) in [6.45, 7) is 4.31. The standard InChI is InChI=1S/C17H20ClNO3S/c1-3-22-16-11-13(2)15(18)12-17(16)23(20,21)19-10-9-14-7-5-4-6-8-14/h4-8,11-12,19H,3,9-10H2,1-2H3. The van der Waals surface area contributed by atoms with Crippen LogP contribution in [-0.4, -0.2) is 21.6 Å². The molecule has 0 heterocycles. The van der Waals surface area contributed by atoms with E-state index in [1.54, 1.807) is 6.07 Å². The van der Waals surface area contributed by atoms with Gasteiger partial charge in [-0.1, -0.05) is 41.9 Å². The highest BCUT2D eigenvalue weighted by molar-refractivity contribution is 7.89. The SMILES string of the molecule is CCOc1cc(C)c(Cl)cc1S(=O)(=O)NCCc1ccccc1.